The van der Waals surface area contributed by atoms with E-state index in [-0.39, 0.29) is 23.4 Å². The fourth-order valence-corrected chi connectivity index (χ4v) is 5.61. The number of thiophene rings is 1. The first kappa shape index (κ1) is 20.8. The Morgan fingerprint density at radius 3 is 2.80 bits per heavy atom. The van der Waals surface area contributed by atoms with Gasteiger partial charge in [-0.2, -0.15) is 0 Å². The maximum absolute atomic E-state index is 13.2. The highest BCUT2D eigenvalue weighted by Crippen LogP contribution is 2.41. The molecule has 1 amide bonds. The molecule has 0 radical (unpaired) electrons. The number of aryl methyl sites for hydroxylation is 2. The molecule has 1 N–H and O–H groups in total. The number of aromatic nitrogens is 2. The van der Waals surface area contributed by atoms with Gasteiger partial charge >= 0.3 is 0 Å². The van der Waals surface area contributed by atoms with E-state index in [9.17, 15) is 9.59 Å². The minimum absolute atomic E-state index is 0.0327. The molecule has 1 aromatic carbocycles. The third kappa shape index (κ3) is 3.93. The third-order valence-corrected chi connectivity index (χ3v) is 7.41. The molecule has 1 aliphatic carbocycles. The van der Waals surface area contributed by atoms with Crippen molar-refractivity contribution < 1.29 is 4.79 Å². The minimum Gasteiger partial charge on any atom is -0.324 e. The van der Waals surface area contributed by atoms with Gasteiger partial charge in [0.15, 0.2) is 0 Å². The van der Waals surface area contributed by atoms with Gasteiger partial charge in [-0.05, 0) is 54.2 Å². The molecule has 0 saturated carbocycles. The first-order valence-electron chi connectivity index (χ1n) is 10.7. The van der Waals surface area contributed by atoms with Crippen LogP contribution in [0.25, 0.3) is 10.2 Å². The third-order valence-electron chi connectivity index (χ3n) is 6.25. The maximum Gasteiger partial charge on any atom is 0.262 e. The zero-order chi connectivity index (χ0) is 21.5. The Kier molecular flexibility index (Phi) is 5.53. The molecule has 158 valence electrons. The lowest BCUT2D eigenvalue weighted by atomic mass is 9.72. The molecular weight excluding hydrogens is 394 g/mol. The molecule has 1 aliphatic rings. The smallest absolute Gasteiger partial charge is 0.262 e. The van der Waals surface area contributed by atoms with Crippen molar-refractivity contribution >= 4 is 33.1 Å². The predicted molar refractivity (Wildman–Crippen MR) is 123 cm³/mol. The fourth-order valence-electron chi connectivity index (χ4n) is 4.35. The summed E-state index contributed by atoms with van der Waals surface area (Å²) >= 11 is 1.64. The second kappa shape index (κ2) is 7.99. The molecule has 3 aromatic rings. The molecule has 6 heteroatoms. The number of nitrogens with zero attached hydrogens (tertiary/aromatic N) is 2. The number of nitrogens with one attached hydrogen (secondary N) is 1. The number of hydrogen-bond acceptors (Lipinski definition) is 4. The van der Waals surface area contributed by atoms with Gasteiger partial charge < -0.3 is 5.32 Å². The number of anilines is 1. The predicted octanol–water partition coefficient (Wildman–Crippen LogP) is 4.81. The van der Waals surface area contributed by atoms with E-state index in [1.807, 2.05) is 24.3 Å². The number of carbonyl (C=O) groups excluding carboxylic acids is 1. The summed E-state index contributed by atoms with van der Waals surface area (Å²) in [7, 11) is 0. The van der Waals surface area contributed by atoms with Gasteiger partial charge in [-0.3, -0.25) is 14.2 Å². The Bertz CT molecular complexity index is 1150. The monoisotopic (exact) mass is 423 g/mol. The van der Waals surface area contributed by atoms with E-state index >= 15 is 0 Å². The van der Waals surface area contributed by atoms with Crippen LogP contribution in [-0.2, 0) is 30.6 Å². The topological polar surface area (TPSA) is 64.0 Å². The van der Waals surface area contributed by atoms with Gasteiger partial charge in [0.25, 0.3) is 5.56 Å². The van der Waals surface area contributed by atoms with E-state index in [1.165, 1.54) is 15.8 Å². The molecule has 0 spiro atoms. The van der Waals surface area contributed by atoms with Crippen molar-refractivity contribution in [2.75, 3.05) is 5.32 Å². The van der Waals surface area contributed by atoms with Crippen LogP contribution in [0.1, 0.15) is 50.1 Å². The number of carbonyl (C=O) groups is 1. The van der Waals surface area contributed by atoms with Crippen molar-refractivity contribution in [3.05, 3.63) is 57.0 Å². The molecule has 5 nitrogen and oxygen atoms in total. The van der Waals surface area contributed by atoms with Gasteiger partial charge in [0, 0.05) is 10.6 Å². The first-order chi connectivity index (χ1) is 14.3. The average molecular weight is 424 g/mol. The molecule has 0 unspecified atom stereocenters. The lowest BCUT2D eigenvalue weighted by molar-refractivity contribution is -0.116. The summed E-state index contributed by atoms with van der Waals surface area (Å²) in [6.07, 6.45) is 5.35. The molecular formula is C24H29N3O2S. The van der Waals surface area contributed by atoms with Gasteiger partial charge in [-0.15, -0.1) is 11.3 Å². The second-order valence-corrected chi connectivity index (χ2v) is 10.3. The lowest BCUT2D eigenvalue weighted by Gasteiger charge is -2.33. The summed E-state index contributed by atoms with van der Waals surface area (Å²) in [5.41, 5.74) is 3.18. The number of hydrogen-bond donors (Lipinski definition) is 1. The number of benzene rings is 1. The largest absolute Gasteiger partial charge is 0.324 e. The van der Waals surface area contributed by atoms with Crippen LogP contribution >= 0.6 is 11.3 Å². The van der Waals surface area contributed by atoms with Crippen LogP contribution in [0.4, 0.5) is 5.69 Å². The van der Waals surface area contributed by atoms with E-state index < -0.39 is 0 Å². The summed E-state index contributed by atoms with van der Waals surface area (Å²) in [4.78, 5) is 32.4. The summed E-state index contributed by atoms with van der Waals surface area (Å²) in [5, 5.41) is 3.65. The highest BCUT2D eigenvalue weighted by Gasteiger charge is 2.31. The van der Waals surface area contributed by atoms with Crippen LogP contribution in [0.15, 0.2) is 35.4 Å². The van der Waals surface area contributed by atoms with E-state index in [0.717, 1.165) is 47.3 Å². The molecule has 1 atom stereocenters. The van der Waals surface area contributed by atoms with Crippen LogP contribution in [0.3, 0.4) is 0 Å². The average Bonchev–Trinajstić information content (AvgIpc) is 3.08. The van der Waals surface area contributed by atoms with Gasteiger partial charge in [-0.25, -0.2) is 4.98 Å². The quantitative estimate of drug-likeness (QED) is 0.655. The molecule has 0 aliphatic heterocycles. The zero-order valence-corrected chi connectivity index (χ0v) is 18.9. The van der Waals surface area contributed by atoms with E-state index in [1.54, 1.807) is 11.3 Å². The Labute approximate surface area is 181 Å². The van der Waals surface area contributed by atoms with Crippen molar-refractivity contribution in [1.82, 2.24) is 9.55 Å². The Morgan fingerprint density at radius 1 is 1.30 bits per heavy atom. The molecule has 0 fully saturated rings. The maximum atomic E-state index is 13.2. The van der Waals surface area contributed by atoms with Gasteiger partial charge in [0.1, 0.15) is 11.4 Å². The second-order valence-electron chi connectivity index (χ2n) is 9.23. The first-order valence-corrected chi connectivity index (χ1v) is 11.5. The number of para-hydroxylation sites is 1. The Hall–Kier alpha value is -2.47. The van der Waals surface area contributed by atoms with Crippen molar-refractivity contribution in [2.45, 2.75) is 59.9 Å². The molecule has 0 saturated heterocycles. The van der Waals surface area contributed by atoms with E-state index in [4.69, 9.17) is 0 Å². The van der Waals surface area contributed by atoms with Crippen LogP contribution < -0.4 is 10.9 Å². The molecule has 0 bridgehead atoms. The molecule has 2 heterocycles. The Morgan fingerprint density at radius 2 is 2.07 bits per heavy atom. The summed E-state index contributed by atoms with van der Waals surface area (Å²) in [5.74, 6) is 0.403. The van der Waals surface area contributed by atoms with Crippen LogP contribution in [-0.4, -0.2) is 15.5 Å². The van der Waals surface area contributed by atoms with Gasteiger partial charge in [0.2, 0.25) is 5.91 Å². The van der Waals surface area contributed by atoms with Crippen LogP contribution in [0, 0.1) is 11.3 Å². The van der Waals surface area contributed by atoms with E-state index in [0.29, 0.717) is 11.3 Å². The molecule has 30 heavy (non-hydrogen) atoms. The summed E-state index contributed by atoms with van der Waals surface area (Å²) < 4.78 is 1.44. The van der Waals surface area contributed by atoms with Crippen molar-refractivity contribution in [3.8, 4) is 0 Å². The van der Waals surface area contributed by atoms with Crippen molar-refractivity contribution in [1.29, 1.82) is 0 Å². The summed E-state index contributed by atoms with van der Waals surface area (Å²) in [6.45, 7) is 8.88. The van der Waals surface area contributed by atoms with Crippen LogP contribution in [0.5, 0.6) is 0 Å². The Balaban J connectivity index is 1.60. The van der Waals surface area contributed by atoms with Crippen LogP contribution in [0.2, 0.25) is 0 Å². The zero-order valence-electron chi connectivity index (χ0n) is 18.1. The minimum atomic E-state index is -0.212. The summed E-state index contributed by atoms with van der Waals surface area (Å²) in [6, 6.07) is 7.75. The number of fused-ring (bicyclic) bond motifs is 3. The standard InChI is InChI=1S/C24H29N3O2S/c1-5-15-8-6-7-9-18(15)26-20(28)13-27-14-25-22-21(23(27)29)17-11-10-16(24(2,3)4)12-19(17)30-22/h6-9,14,16H,5,10-13H2,1-4H3,(H,26,28)/t16-/m0/s1. The normalized spacial score (nSPS) is 16.5. The lowest BCUT2D eigenvalue weighted by Crippen LogP contribution is -2.29. The molecule has 4 rings (SSSR count). The van der Waals surface area contributed by atoms with Gasteiger partial charge in [-0.1, -0.05) is 45.9 Å². The number of amides is 1. The van der Waals surface area contributed by atoms with Crippen molar-refractivity contribution in [3.63, 3.8) is 0 Å². The van der Waals surface area contributed by atoms with Crippen molar-refractivity contribution in [2.24, 2.45) is 11.3 Å². The van der Waals surface area contributed by atoms with Gasteiger partial charge in [0.05, 0.1) is 11.7 Å². The highest BCUT2D eigenvalue weighted by molar-refractivity contribution is 7.18. The fraction of sp³-hybridized carbons (Fsp3) is 0.458. The SMILES string of the molecule is CCc1ccccc1NC(=O)Cn1cnc2sc3c(c2c1=O)CC[C@H](C(C)(C)C)C3. The molecule has 2 aromatic heterocycles. The highest BCUT2D eigenvalue weighted by atomic mass is 32.1. The number of rotatable bonds is 4. The van der Waals surface area contributed by atoms with E-state index in [2.05, 4.69) is 38.0 Å².